The molecule has 2 aromatic heterocycles. The normalized spacial score (nSPS) is 18.7. The minimum Gasteiger partial charge on any atom is -0.378 e. The Balaban J connectivity index is 1.34. The number of morpholine rings is 1. The van der Waals surface area contributed by atoms with E-state index >= 15 is 0 Å². The van der Waals surface area contributed by atoms with E-state index in [0.717, 1.165) is 82.9 Å². The van der Waals surface area contributed by atoms with Crippen LogP contribution in [-0.4, -0.2) is 78.9 Å². The number of rotatable bonds is 5. The Morgan fingerprint density at radius 3 is 2.33 bits per heavy atom. The maximum absolute atomic E-state index is 5.46. The maximum atomic E-state index is 5.46. The number of nitrogens with zero attached hydrogens (tertiary/aromatic N) is 6. The topological polar surface area (TPSA) is 57.6 Å². The highest BCUT2D eigenvalue weighted by molar-refractivity contribution is 5.51. The SMILES string of the molecule is Cc1nc(N2CCOCC2)cc(N2CCN(CCc3cccnc3)CC2)n1. The average molecular weight is 368 g/mol. The van der Waals surface area contributed by atoms with Gasteiger partial charge >= 0.3 is 0 Å². The van der Waals surface area contributed by atoms with E-state index in [4.69, 9.17) is 9.72 Å². The van der Waals surface area contributed by atoms with Crippen molar-refractivity contribution in [2.75, 3.05) is 68.8 Å². The van der Waals surface area contributed by atoms with Crippen molar-refractivity contribution in [1.29, 1.82) is 0 Å². The Morgan fingerprint density at radius 2 is 1.67 bits per heavy atom. The van der Waals surface area contributed by atoms with E-state index in [9.17, 15) is 0 Å². The van der Waals surface area contributed by atoms with Crippen molar-refractivity contribution < 1.29 is 4.74 Å². The van der Waals surface area contributed by atoms with Crippen molar-refractivity contribution in [3.63, 3.8) is 0 Å². The van der Waals surface area contributed by atoms with Gasteiger partial charge in [-0.3, -0.25) is 9.88 Å². The maximum Gasteiger partial charge on any atom is 0.134 e. The van der Waals surface area contributed by atoms with Gasteiger partial charge in [-0.05, 0) is 25.0 Å². The van der Waals surface area contributed by atoms with Crippen LogP contribution in [0, 0.1) is 6.92 Å². The van der Waals surface area contributed by atoms with Gasteiger partial charge in [0.25, 0.3) is 0 Å². The average Bonchev–Trinajstić information content (AvgIpc) is 2.73. The van der Waals surface area contributed by atoms with Gasteiger partial charge in [-0.15, -0.1) is 0 Å². The first-order valence-electron chi connectivity index (χ1n) is 9.82. The van der Waals surface area contributed by atoms with E-state index in [1.54, 1.807) is 0 Å². The van der Waals surface area contributed by atoms with Crippen LogP contribution in [-0.2, 0) is 11.2 Å². The molecule has 4 rings (SSSR count). The Hall–Kier alpha value is -2.25. The zero-order chi connectivity index (χ0) is 18.5. The summed E-state index contributed by atoms with van der Waals surface area (Å²) in [4.78, 5) is 20.8. The van der Waals surface area contributed by atoms with Crippen molar-refractivity contribution in [3.8, 4) is 0 Å². The summed E-state index contributed by atoms with van der Waals surface area (Å²) in [6.45, 7) is 10.6. The highest BCUT2D eigenvalue weighted by Crippen LogP contribution is 2.21. The predicted molar refractivity (Wildman–Crippen MR) is 106 cm³/mol. The largest absolute Gasteiger partial charge is 0.378 e. The minimum absolute atomic E-state index is 0.772. The molecule has 2 aliphatic rings. The molecule has 27 heavy (non-hydrogen) atoms. The van der Waals surface area contributed by atoms with Crippen LogP contribution >= 0.6 is 0 Å². The predicted octanol–water partition coefficient (Wildman–Crippen LogP) is 1.38. The summed E-state index contributed by atoms with van der Waals surface area (Å²) in [5, 5.41) is 0. The molecule has 0 bridgehead atoms. The first-order chi connectivity index (χ1) is 13.3. The first-order valence-corrected chi connectivity index (χ1v) is 9.82. The van der Waals surface area contributed by atoms with Crippen LogP contribution in [0.1, 0.15) is 11.4 Å². The number of anilines is 2. The second-order valence-electron chi connectivity index (χ2n) is 7.17. The van der Waals surface area contributed by atoms with Crippen molar-refractivity contribution >= 4 is 11.6 Å². The van der Waals surface area contributed by atoms with Crippen molar-refractivity contribution in [2.24, 2.45) is 0 Å². The summed E-state index contributed by atoms with van der Waals surface area (Å²) in [6, 6.07) is 6.31. The monoisotopic (exact) mass is 368 g/mol. The standard InChI is InChI=1S/C20H28N6O/c1-17-22-19(15-20(23-17)26-11-13-27-14-12-26)25-9-7-24(8-10-25)6-4-18-3-2-5-21-16-18/h2-3,5,15-16H,4,6-14H2,1H3. The number of ether oxygens (including phenoxy) is 1. The van der Waals surface area contributed by atoms with E-state index in [1.165, 1.54) is 5.56 Å². The van der Waals surface area contributed by atoms with Gasteiger partial charge in [-0.25, -0.2) is 9.97 Å². The van der Waals surface area contributed by atoms with Gasteiger partial charge < -0.3 is 14.5 Å². The molecule has 2 aromatic rings. The van der Waals surface area contributed by atoms with E-state index in [1.807, 2.05) is 25.4 Å². The first kappa shape index (κ1) is 18.1. The van der Waals surface area contributed by atoms with Gasteiger partial charge in [0.2, 0.25) is 0 Å². The van der Waals surface area contributed by atoms with Crippen molar-refractivity contribution in [3.05, 3.63) is 42.0 Å². The zero-order valence-corrected chi connectivity index (χ0v) is 16.0. The lowest BCUT2D eigenvalue weighted by Crippen LogP contribution is -2.47. The lowest BCUT2D eigenvalue weighted by molar-refractivity contribution is 0.122. The van der Waals surface area contributed by atoms with Crippen LogP contribution in [0.15, 0.2) is 30.6 Å². The Labute approximate surface area is 161 Å². The lowest BCUT2D eigenvalue weighted by Gasteiger charge is -2.36. The molecule has 0 radical (unpaired) electrons. The molecule has 2 fully saturated rings. The number of aromatic nitrogens is 3. The zero-order valence-electron chi connectivity index (χ0n) is 16.0. The van der Waals surface area contributed by atoms with E-state index < -0.39 is 0 Å². The smallest absolute Gasteiger partial charge is 0.134 e. The third-order valence-electron chi connectivity index (χ3n) is 5.28. The summed E-state index contributed by atoms with van der Waals surface area (Å²) in [5.41, 5.74) is 1.31. The van der Waals surface area contributed by atoms with Crippen LogP contribution < -0.4 is 9.80 Å². The van der Waals surface area contributed by atoms with Gasteiger partial charge in [0.15, 0.2) is 0 Å². The number of piperazine rings is 1. The summed E-state index contributed by atoms with van der Waals surface area (Å²) in [7, 11) is 0. The summed E-state index contributed by atoms with van der Waals surface area (Å²) in [5.74, 6) is 2.92. The Kier molecular flexibility index (Phi) is 5.79. The highest BCUT2D eigenvalue weighted by atomic mass is 16.5. The van der Waals surface area contributed by atoms with Crippen LogP contribution in [0.4, 0.5) is 11.6 Å². The molecule has 0 unspecified atom stereocenters. The second kappa shape index (κ2) is 8.63. The van der Waals surface area contributed by atoms with Crippen LogP contribution in [0.5, 0.6) is 0 Å². The molecule has 7 heteroatoms. The molecular formula is C20H28N6O. The molecule has 0 N–H and O–H groups in total. The van der Waals surface area contributed by atoms with Gasteiger partial charge in [-0.2, -0.15) is 0 Å². The van der Waals surface area contributed by atoms with Gasteiger partial charge in [0.1, 0.15) is 17.5 Å². The lowest BCUT2D eigenvalue weighted by atomic mass is 10.2. The number of aryl methyl sites for hydroxylation is 1. The fourth-order valence-corrected chi connectivity index (χ4v) is 3.69. The van der Waals surface area contributed by atoms with Crippen molar-refractivity contribution in [2.45, 2.75) is 13.3 Å². The molecular weight excluding hydrogens is 340 g/mol. The molecule has 0 atom stereocenters. The number of hydrogen-bond donors (Lipinski definition) is 0. The minimum atomic E-state index is 0.772. The van der Waals surface area contributed by atoms with Crippen LogP contribution in [0.25, 0.3) is 0 Å². The van der Waals surface area contributed by atoms with Crippen molar-refractivity contribution in [1.82, 2.24) is 19.9 Å². The van der Waals surface area contributed by atoms with E-state index in [0.29, 0.717) is 0 Å². The Bertz CT molecular complexity index is 727. The van der Waals surface area contributed by atoms with Crippen LogP contribution in [0.2, 0.25) is 0 Å². The second-order valence-corrected chi connectivity index (χ2v) is 7.17. The molecule has 144 valence electrons. The van der Waals surface area contributed by atoms with Gasteiger partial charge in [0, 0.05) is 64.3 Å². The fourth-order valence-electron chi connectivity index (χ4n) is 3.69. The molecule has 2 aliphatic heterocycles. The number of hydrogen-bond acceptors (Lipinski definition) is 7. The van der Waals surface area contributed by atoms with Crippen LogP contribution in [0.3, 0.4) is 0 Å². The highest BCUT2D eigenvalue weighted by Gasteiger charge is 2.20. The molecule has 7 nitrogen and oxygen atoms in total. The molecule has 4 heterocycles. The third kappa shape index (κ3) is 4.73. The molecule has 0 saturated carbocycles. The van der Waals surface area contributed by atoms with E-state index in [-0.39, 0.29) is 0 Å². The van der Waals surface area contributed by atoms with Gasteiger partial charge in [0.05, 0.1) is 13.2 Å². The van der Waals surface area contributed by atoms with Gasteiger partial charge in [-0.1, -0.05) is 6.07 Å². The fraction of sp³-hybridized carbons (Fsp3) is 0.550. The Morgan fingerprint density at radius 1 is 0.963 bits per heavy atom. The van der Waals surface area contributed by atoms with E-state index in [2.05, 4.69) is 36.8 Å². The quantitative estimate of drug-likeness (QED) is 0.790. The summed E-state index contributed by atoms with van der Waals surface area (Å²) in [6.07, 6.45) is 4.85. The summed E-state index contributed by atoms with van der Waals surface area (Å²) >= 11 is 0. The molecule has 0 spiro atoms. The molecule has 0 amide bonds. The molecule has 0 aliphatic carbocycles. The summed E-state index contributed by atoms with van der Waals surface area (Å²) < 4.78 is 5.46. The molecule has 2 saturated heterocycles. The third-order valence-corrected chi connectivity index (χ3v) is 5.28. The molecule has 0 aromatic carbocycles. The number of pyridine rings is 1.